The highest BCUT2D eigenvalue weighted by Gasteiger charge is 2.32. The van der Waals surface area contributed by atoms with Crippen molar-refractivity contribution in [3.8, 4) is 5.75 Å². The van der Waals surface area contributed by atoms with Gasteiger partial charge in [0.05, 0.1) is 0 Å². The first-order valence-electron chi connectivity index (χ1n) is 9.23. The molecule has 0 radical (unpaired) electrons. The molecule has 1 N–H and O–H groups in total. The molecule has 3 rings (SSSR count). The number of ether oxygens (including phenoxy) is 1. The number of hydrogen-bond donors (Lipinski definition) is 1. The Morgan fingerprint density at radius 1 is 1.14 bits per heavy atom. The summed E-state index contributed by atoms with van der Waals surface area (Å²) in [5.74, 6) is -0.354. The quantitative estimate of drug-likeness (QED) is 0.763. The summed E-state index contributed by atoms with van der Waals surface area (Å²) < 4.78 is 5.79. The van der Waals surface area contributed by atoms with Crippen LogP contribution < -0.4 is 4.74 Å². The molecule has 1 unspecified atom stereocenters. The maximum atomic E-state index is 11.9. The van der Waals surface area contributed by atoms with Crippen molar-refractivity contribution in [1.29, 1.82) is 0 Å². The lowest BCUT2D eigenvalue weighted by atomic mass is 10.0. The van der Waals surface area contributed by atoms with Gasteiger partial charge in [-0.3, -0.25) is 4.79 Å². The van der Waals surface area contributed by atoms with Crippen LogP contribution in [0.2, 0.25) is 0 Å². The summed E-state index contributed by atoms with van der Waals surface area (Å²) >= 11 is 1.75. The average Bonchev–Trinajstić information content (AvgIpc) is 3.11. The summed E-state index contributed by atoms with van der Waals surface area (Å²) in [4.78, 5) is 25.0. The predicted molar refractivity (Wildman–Crippen MR) is 113 cm³/mol. The molecule has 0 bridgehead atoms. The zero-order chi connectivity index (χ0) is 20.4. The first-order chi connectivity index (χ1) is 13.5. The molecule has 150 valence electrons. The van der Waals surface area contributed by atoms with Crippen LogP contribution in [0.1, 0.15) is 24.0 Å². The molecule has 0 aliphatic carbocycles. The van der Waals surface area contributed by atoms with E-state index in [4.69, 9.17) is 4.74 Å². The maximum absolute atomic E-state index is 11.9. The first-order valence-corrected chi connectivity index (χ1v) is 10.9. The Morgan fingerprint density at radius 2 is 1.82 bits per heavy atom. The number of amides is 1. The number of carboxylic acid groups (broad SMARTS) is 1. The molecule has 1 atom stereocenters. The predicted octanol–water partition coefficient (Wildman–Crippen LogP) is 3.86. The molecule has 2 aromatic rings. The van der Waals surface area contributed by atoms with Crippen LogP contribution in [0.4, 0.5) is 0 Å². The van der Waals surface area contributed by atoms with Crippen LogP contribution in [0, 0.1) is 0 Å². The first kappa shape index (κ1) is 21.8. The molecule has 1 amide bonds. The lowest BCUT2D eigenvalue weighted by molar-refractivity contribution is -0.148. The number of aliphatic carboxylic acids is 1. The number of carbonyl (C=O) groups is 2. The van der Waals surface area contributed by atoms with Crippen LogP contribution in [0.15, 0.2) is 54.6 Å². The highest BCUT2D eigenvalue weighted by Crippen LogP contribution is 2.21. The number of carbonyl (C=O) groups excluding carboxylic acids is 1. The average molecular weight is 402 g/mol. The van der Waals surface area contributed by atoms with E-state index >= 15 is 0 Å². The highest BCUT2D eigenvalue weighted by molar-refractivity contribution is 7.97. The van der Waals surface area contributed by atoms with Crippen molar-refractivity contribution in [1.82, 2.24) is 4.90 Å². The van der Waals surface area contributed by atoms with E-state index in [-0.39, 0.29) is 12.3 Å². The van der Waals surface area contributed by atoms with Gasteiger partial charge in [0.25, 0.3) is 0 Å². The Hall–Kier alpha value is -2.47. The van der Waals surface area contributed by atoms with Gasteiger partial charge in [0, 0.05) is 19.4 Å². The summed E-state index contributed by atoms with van der Waals surface area (Å²) in [6, 6.07) is 16.4. The number of hydrogen-bond acceptors (Lipinski definition) is 4. The summed E-state index contributed by atoms with van der Waals surface area (Å²) in [7, 11) is 0. The van der Waals surface area contributed by atoms with E-state index in [2.05, 4.69) is 0 Å². The lowest BCUT2D eigenvalue weighted by Gasteiger charge is -2.24. The van der Waals surface area contributed by atoms with Gasteiger partial charge < -0.3 is 14.7 Å². The highest BCUT2D eigenvalue weighted by atomic mass is 32.2. The van der Waals surface area contributed by atoms with Crippen molar-refractivity contribution in [3.05, 3.63) is 65.7 Å². The topological polar surface area (TPSA) is 66.8 Å². The van der Waals surface area contributed by atoms with E-state index in [1.54, 1.807) is 11.8 Å². The molecule has 6 heteroatoms. The number of likely N-dealkylation sites (tertiary alicyclic amines) is 1. The number of carboxylic acids is 1. The number of nitrogens with zero attached hydrogens (tertiary/aromatic N) is 1. The van der Waals surface area contributed by atoms with Crippen LogP contribution in [-0.4, -0.2) is 47.0 Å². The van der Waals surface area contributed by atoms with Gasteiger partial charge in [0.15, 0.2) is 0 Å². The van der Waals surface area contributed by atoms with E-state index < -0.39 is 12.0 Å². The molecule has 0 spiro atoms. The smallest absolute Gasteiger partial charge is 0.326 e. The van der Waals surface area contributed by atoms with Gasteiger partial charge in [0.2, 0.25) is 5.91 Å². The number of benzene rings is 2. The maximum Gasteiger partial charge on any atom is 0.326 e. The fourth-order valence-corrected chi connectivity index (χ4v) is 3.06. The van der Waals surface area contributed by atoms with E-state index in [9.17, 15) is 14.7 Å². The summed E-state index contributed by atoms with van der Waals surface area (Å²) in [6.45, 7) is 0.970. The number of rotatable bonds is 7. The van der Waals surface area contributed by atoms with Crippen LogP contribution >= 0.6 is 11.8 Å². The van der Waals surface area contributed by atoms with Gasteiger partial charge in [-0.2, -0.15) is 11.8 Å². The molecule has 1 heterocycles. The molecule has 0 saturated carbocycles. The second kappa shape index (κ2) is 11.4. The third kappa shape index (κ3) is 6.60. The molecular formula is C22H27NO4S. The van der Waals surface area contributed by atoms with Crippen molar-refractivity contribution >= 4 is 23.6 Å². The van der Waals surface area contributed by atoms with Crippen molar-refractivity contribution in [2.75, 3.05) is 19.1 Å². The summed E-state index contributed by atoms with van der Waals surface area (Å²) in [5.41, 5.74) is 1.91. The van der Waals surface area contributed by atoms with Crippen molar-refractivity contribution in [3.63, 3.8) is 0 Å². The zero-order valence-electron chi connectivity index (χ0n) is 16.3. The van der Waals surface area contributed by atoms with Crippen LogP contribution in [-0.2, 0) is 22.6 Å². The van der Waals surface area contributed by atoms with Crippen molar-refractivity contribution in [2.24, 2.45) is 0 Å². The minimum absolute atomic E-state index is 0.0797. The second-order valence-electron chi connectivity index (χ2n) is 6.58. The monoisotopic (exact) mass is 401 g/mol. The Balaban J connectivity index is 0.000000878. The van der Waals surface area contributed by atoms with Crippen LogP contribution in [0.25, 0.3) is 0 Å². The molecule has 1 saturated heterocycles. The normalized spacial score (nSPS) is 14.2. The third-order valence-electron chi connectivity index (χ3n) is 4.35. The van der Waals surface area contributed by atoms with Gasteiger partial charge in [-0.25, -0.2) is 4.79 Å². The fraction of sp³-hybridized carbons (Fsp3) is 0.364. The van der Waals surface area contributed by atoms with Gasteiger partial charge in [-0.1, -0.05) is 42.5 Å². The molecular weight excluding hydrogens is 374 g/mol. The summed E-state index contributed by atoms with van der Waals surface area (Å²) in [5, 5.41) is 9.51. The Morgan fingerprint density at radius 3 is 2.43 bits per heavy atom. The molecule has 5 nitrogen and oxygen atoms in total. The third-order valence-corrected chi connectivity index (χ3v) is 4.35. The minimum Gasteiger partial charge on any atom is -0.489 e. The van der Waals surface area contributed by atoms with Gasteiger partial charge >= 0.3 is 5.97 Å². The van der Waals surface area contributed by atoms with Crippen molar-refractivity contribution in [2.45, 2.75) is 31.9 Å². The van der Waals surface area contributed by atoms with Crippen molar-refractivity contribution < 1.29 is 19.4 Å². The number of thioether (sulfide) groups is 1. The molecule has 1 aliphatic heterocycles. The van der Waals surface area contributed by atoms with Gasteiger partial charge in [0.1, 0.15) is 18.4 Å². The minimum atomic E-state index is -0.967. The van der Waals surface area contributed by atoms with Gasteiger partial charge in [-0.05, 0) is 42.2 Å². The van der Waals surface area contributed by atoms with Crippen LogP contribution in [0.5, 0.6) is 5.75 Å². The second-order valence-corrected chi connectivity index (χ2v) is 7.40. The molecule has 0 aromatic heterocycles. The molecule has 2 aromatic carbocycles. The van der Waals surface area contributed by atoms with Gasteiger partial charge in [-0.15, -0.1) is 0 Å². The fourth-order valence-electron chi connectivity index (χ4n) is 3.06. The summed E-state index contributed by atoms with van der Waals surface area (Å²) in [6.07, 6.45) is 5.52. The molecule has 1 aliphatic rings. The van der Waals surface area contributed by atoms with E-state index in [0.29, 0.717) is 25.3 Å². The Bertz CT molecular complexity index is 766. The molecule has 28 heavy (non-hydrogen) atoms. The standard InChI is InChI=1S/C20H21NO4.C2H6S/c22-19-10-5-11-21(19)18(20(23)24)13-16-8-4-9-17(12-16)25-14-15-6-2-1-3-7-15;1-3-2/h1-4,6-9,12,18H,5,10-11,13-14H2,(H,23,24);1-2H3. The van der Waals surface area contributed by atoms with E-state index in [0.717, 1.165) is 17.5 Å². The van der Waals surface area contributed by atoms with E-state index in [1.165, 1.54) is 4.90 Å². The van der Waals surface area contributed by atoms with Crippen LogP contribution in [0.3, 0.4) is 0 Å². The molecule has 1 fully saturated rings. The SMILES string of the molecule is CSC.O=C(O)C(Cc1cccc(OCc2ccccc2)c1)N1CCCC1=O. The Labute approximate surface area is 170 Å². The lowest BCUT2D eigenvalue weighted by Crippen LogP contribution is -2.43. The largest absolute Gasteiger partial charge is 0.489 e. The Kier molecular flexibility index (Phi) is 8.88. The van der Waals surface area contributed by atoms with E-state index in [1.807, 2.05) is 67.1 Å². The zero-order valence-corrected chi connectivity index (χ0v) is 17.2.